The van der Waals surface area contributed by atoms with Gasteiger partial charge in [0.15, 0.2) is 0 Å². The van der Waals surface area contributed by atoms with Gasteiger partial charge in [-0.25, -0.2) is 0 Å². The van der Waals surface area contributed by atoms with E-state index in [2.05, 4.69) is 16.4 Å². The molecule has 4 aromatic rings. The minimum absolute atomic E-state index is 0.132. The predicted molar refractivity (Wildman–Crippen MR) is 161 cm³/mol. The Morgan fingerprint density at radius 3 is 2.34 bits per heavy atom. The number of carbonyl (C=O) groups excluding carboxylic acids is 3. The van der Waals surface area contributed by atoms with Gasteiger partial charge in [-0.2, -0.15) is 0 Å². The van der Waals surface area contributed by atoms with Gasteiger partial charge in [-0.1, -0.05) is 86.6 Å². The molecule has 1 fully saturated rings. The molecule has 0 spiro atoms. The number of pyridine rings is 1. The number of nitrogens with one attached hydrogen (secondary N) is 1. The van der Waals surface area contributed by atoms with Crippen molar-refractivity contribution in [2.24, 2.45) is 5.92 Å². The van der Waals surface area contributed by atoms with E-state index in [1.807, 2.05) is 92.8 Å². The molecule has 3 amide bonds. The Bertz CT molecular complexity index is 1530. The fourth-order valence-corrected chi connectivity index (χ4v) is 5.58. The molecule has 3 aromatic carbocycles. The summed E-state index contributed by atoms with van der Waals surface area (Å²) in [5, 5.41) is 4.90. The summed E-state index contributed by atoms with van der Waals surface area (Å²) in [5.74, 6) is -0.424. The maximum absolute atomic E-state index is 14.1. The number of amides is 3. The molecular formula is C34H36N4O3. The number of nitrogens with zero attached hydrogens (tertiary/aromatic N) is 3. The van der Waals surface area contributed by atoms with Crippen molar-refractivity contribution >= 4 is 28.5 Å². The second kappa shape index (κ2) is 12.3. The summed E-state index contributed by atoms with van der Waals surface area (Å²) in [7, 11) is 1.57. The lowest BCUT2D eigenvalue weighted by atomic mass is 9.94. The SMILES string of the molecule is CNC(=O)[C@H](Cc1ccc2ccccc2c1)N1CC(=O)N(Cc2ccc(-c3cccnc3)cc2)[C@@H](CC(C)C)C1=O. The van der Waals surface area contributed by atoms with Crippen LogP contribution >= 0.6 is 0 Å². The highest BCUT2D eigenvalue weighted by Crippen LogP contribution is 2.26. The minimum atomic E-state index is -0.784. The summed E-state index contributed by atoms with van der Waals surface area (Å²) >= 11 is 0. The van der Waals surface area contributed by atoms with Crippen LogP contribution in [0.2, 0.25) is 0 Å². The monoisotopic (exact) mass is 548 g/mol. The van der Waals surface area contributed by atoms with Crippen molar-refractivity contribution in [1.82, 2.24) is 20.1 Å². The number of piperazine rings is 1. The van der Waals surface area contributed by atoms with Crippen molar-refractivity contribution in [3.8, 4) is 11.1 Å². The predicted octanol–water partition coefficient (Wildman–Crippen LogP) is 4.84. The normalized spacial score (nSPS) is 16.3. The van der Waals surface area contributed by atoms with E-state index in [1.165, 1.54) is 4.90 Å². The topological polar surface area (TPSA) is 82.6 Å². The standard InChI is InChI=1S/C34H36N4O3/c1-23(2)17-31-34(41)38(30(33(40)35-3)19-25-12-15-26-7-4-5-8-28(26)18-25)22-32(39)37(31)21-24-10-13-27(14-11-24)29-9-6-16-36-20-29/h4-16,18,20,23,30-31H,17,19,21-22H2,1-3H3,(H,35,40)/t30-,31-/m0/s1. The van der Waals surface area contributed by atoms with Gasteiger partial charge in [0.2, 0.25) is 17.7 Å². The van der Waals surface area contributed by atoms with Gasteiger partial charge in [0.25, 0.3) is 0 Å². The third-order valence-electron chi connectivity index (χ3n) is 7.73. The number of hydrogen-bond donors (Lipinski definition) is 1. The van der Waals surface area contributed by atoms with Gasteiger partial charge in [0.05, 0.1) is 0 Å². The summed E-state index contributed by atoms with van der Waals surface area (Å²) in [6.07, 6.45) is 4.40. The van der Waals surface area contributed by atoms with Crippen LogP contribution in [-0.4, -0.2) is 58.2 Å². The van der Waals surface area contributed by atoms with Gasteiger partial charge in [-0.05, 0) is 51.4 Å². The molecule has 7 nitrogen and oxygen atoms in total. The van der Waals surface area contributed by atoms with Gasteiger partial charge in [0, 0.05) is 32.4 Å². The first kappa shape index (κ1) is 28.0. The summed E-state index contributed by atoms with van der Waals surface area (Å²) in [5.41, 5.74) is 3.94. The fraction of sp³-hybridized carbons (Fsp3) is 0.294. The van der Waals surface area contributed by atoms with E-state index in [9.17, 15) is 14.4 Å². The number of fused-ring (bicyclic) bond motifs is 1. The highest BCUT2D eigenvalue weighted by molar-refractivity contribution is 5.98. The Hall–Kier alpha value is -4.52. The lowest BCUT2D eigenvalue weighted by Crippen LogP contribution is -2.64. The largest absolute Gasteiger partial charge is 0.357 e. The van der Waals surface area contributed by atoms with E-state index in [0.29, 0.717) is 19.4 Å². The lowest BCUT2D eigenvalue weighted by molar-refractivity contribution is -0.161. The first-order valence-corrected chi connectivity index (χ1v) is 14.1. The van der Waals surface area contributed by atoms with E-state index in [4.69, 9.17) is 0 Å². The number of likely N-dealkylation sites (N-methyl/N-ethyl adjacent to an activating group) is 1. The van der Waals surface area contributed by atoms with Crippen LogP contribution in [0.25, 0.3) is 21.9 Å². The molecule has 0 radical (unpaired) electrons. The van der Waals surface area contributed by atoms with E-state index < -0.39 is 12.1 Å². The molecule has 1 N–H and O–H groups in total. The Morgan fingerprint density at radius 1 is 0.927 bits per heavy atom. The highest BCUT2D eigenvalue weighted by Gasteiger charge is 2.43. The molecule has 210 valence electrons. The van der Waals surface area contributed by atoms with Crippen molar-refractivity contribution in [1.29, 1.82) is 0 Å². The second-order valence-corrected chi connectivity index (χ2v) is 11.1. The van der Waals surface area contributed by atoms with Crippen LogP contribution < -0.4 is 5.32 Å². The van der Waals surface area contributed by atoms with Crippen molar-refractivity contribution in [2.45, 2.75) is 45.3 Å². The Kier molecular flexibility index (Phi) is 8.43. The zero-order valence-corrected chi connectivity index (χ0v) is 23.8. The summed E-state index contributed by atoms with van der Waals surface area (Å²) in [6, 6.07) is 24.6. The van der Waals surface area contributed by atoms with Crippen molar-refractivity contribution in [2.75, 3.05) is 13.6 Å². The minimum Gasteiger partial charge on any atom is -0.357 e. The van der Waals surface area contributed by atoms with E-state index in [-0.39, 0.29) is 30.2 Å². The zero-order chi connectivity index (χ0) is 28.9. The van der Waals surface area contributed by atoms with Crippen LogP contribution in [0.3, 0.4) is 0 Å². The summed E-state index contributed by atoms with van der Waals surface area (Å²) in [4.78, 5) is 48.2. The molecular weight excluding hydrogens is 512 g/mol. The van der Waals surface area contributed by atoms with Crippen LogP contribution in [0, 0.1) is 5.92 Å². The number of benzene rings is 3. The van der Waals surface area contributed by atoms with Gasteiger partial charge < -0.3 is 15.1 Å². The van der Waals surface area contributed by atoms with Crippen molar-refractivity contribution in [3.05, 3.63) is 102 Å². The highest BCUT2D eigenvalue weighted by atomic mass is 16.2. The first-order chi connectivity index (χ1) is 19.8. The Morgan fingerprint density at radius 2 is 1.66 bits per heavy atom. The average Bonchev–Trinajstić information content (AvgIpc) is 2.99. The molecule has 1 aliphatic rings. The first-order valence-electron chi connectivity index (χ1n) is 14.1. The molecule has 2 atom stereocenters. The van der Waals surface area contributed by atoms with Crippen molar-refractivity contribution < 1.29 is 14.4 Å². The second-order valence-electron chi connectivity index (χ2n) is 11.1. The van der Waals surface area contributed by atoms with Gasteiger partial charge in [-0.15, -0.1) is 0 Å². The maximum Gasteiger partial charge on any atom is 0.246 e. The van der Waals surface area contributed by atoms with Gasteiger partial charge in [0.1, 0.15) is 18.6 Å². The molecule has 7 heteroatoms. The van der Waals surface area contributed by atoms with Crippen LogP contribution in [-0.2, 0) is 27.3 Å². The van der Waals surface area contributed by atoms with Crippen LogP contribution in [0.15, 0.2) is 91.3 Å². The number of carbonyl (C=O) groups is 3. The molecule has 5 rings (SSSR count). The molecule has 0 bridgehead atoms. The maximum atomic E-state index is 14.1. The third kappa shape index (κ3) is 6.30. The van der Waals surface area contributed by atoms with Gasteiger partial charge >= 0.3 is 0 Å². The fourth-order valence-electron chi connectivity index (χ4n) is 5.58. The van der Waals surface area contributed by atoms with Crippen molar-refractivity contribution in [3.63, 3.8) is 0 Å². The van der Waals surface area contributed by atoms with E-state index in [1.54, 1.807) is 18.1 Å². The van der Waals surface area contributed by atoms with E-state index in [0.717, 1.165) is 33.0 Å². The van der Waals surface area contributed by atoms with Crippen LogP contribution in [0.4, 0.5) is 0 Å². The Balaban J connectivity index is 1.39. The molecule has 1 saturated heterocycles. The Labute approximate surface area is 241 Å². The molecule has 0 aliphatic carbocycles. The molecule has 0 saturated carbocycles. The van der Waals surface area contributed by atoms with Gasteiger partial charge in [-0.3, -0.25) is 19.4 Å². The van der Waals surface area contributed by atoms with Crippen LogP contribution in [0.1, 0.15) is 31.4 Å². The molecule has 0 unspecified atom stereocenters. The molecule has 1 aliphatic heterocycles. The number of rotatable bonds is 9. The number of hydrogen-bond acceptors (Lipinski definition) is 4. The average molecular weight is 549 g/mol. The molecule has 41 heavy (non-hydrogen) atoms. The lowest BCUT2D eigenvalue weighted by Gasteiger charge is -2.43. The third-order valence-corrected chi connectivity index (χ3v) is 7.73. The van der Waals surface area contributed by atoms with E-state index >= 15 is 0 Å². The van der Waals surface area contributed by atoms with Crippen LogP contribution in [0.5, 0.6) is 0 Å². The smallest absolute Gasteiger partial charge is 0.246 e. The molecule has 2 heterocycles. The molecule has 1 aromatic heterocycles. The zero-order valence-electron chi connectivity index (χ0n) is 23.8. The summed E-state index contributed by atoms with van der Waals surface area (Å²) < 4.78 is 0. The number of aromatic nitrogens is 1. The summed E-state index contributed by atoms with van der Waals surface area (Å²) in [6.45, 7) is 4.29. The quantitative estimate of drug-likeness (QED) is 0.324.